The van der Waals surface area contributed by atoms with E-state index in [1.54, 1.807) is 6.07 Å². The summed E-state index contributed by atoms with van der Waals surface area (Å²) < 4.78 is 0. The second kappa shape index (κ2) is 8.82. The van der Waals surface area contributed by atoms with Crippen LogP contribution >= 0.6 is 0 Å². The zero-order valence-corrected chi connectivity index (χ0v) is 17.0. The molecular formula is C25H25N3O2. The van der Waals surface area contributed by atoms with Gasteiger partial charge in [0.1, 0.15) is 6.17 Å². The molecular weight excluding hydrogens is 374 g/mol. The van der Waals surface area contributed by atoms with Crippen LogP contribution in [-0.2, 0) is 6.54 Å². The van der Waals surface area contributed by atoms with Crippen molar-refractivity contribution in [1.29, 1.82) is 0 Å². The van der Waals surface area contributed by atoms with E-state index in [1.807, 2.05) is 77.7 Å². The lowest BCUT2D eigenvalue weighted by Gasteiger charge is -2.27. The number of fused-ring (bicyclic) bond motifs is 1. The van der Waals surface area contributed by atoms with Gasteiger partial charge in [-0.15, -0.1) is 0 Å². The van der Waals surface area contributed by atoms with E-state index in [1.165, 1.54) is 0 Å². The summed E-state index contributed by atoms with van der Waals surface area (Å²) in [5.74, 6) is -0.0856. The maximum atomic E-state index is 12.8. The molecule has 2 N–H and O–H groups in total. The van der Waals surface area contributed by atoms with Crippen molar-refractivity contribution in [3.05, 3.63) is 101 Å². The maximum Gasteiger partial charge on any atom is 0.256 e. The van der Waals surface area contributed by atoms with Crippen LogP contribution in [0.1, 0.15) is 51.4 Å². The topological polar surface area (TPSA) is 61.4 Å². The first-order chi connectivity index (χ1) is 14.7. The van der Waals surface area contributed by atoms with E-state index in [2.05, 4.69) is 17.6 Å². The molecule has 5 heteroatoms. The molecule has 3 aromatic carbocycles. The predicted octanol–water partition coefficient (Wildman–Crippen LogP) is 4.59. The van der Waals surface area contributed by atoms with Crippen molar-refractivity contribution in [3.8, 4) is 0 Å². The van der Waals surface area contributed by atoms with Crippen molar-refractivity contribution in [2.75, 3.05) is 11.9 Å². The molecule has 1 heterocycles. The van der Waals surface area contributed by atoms with Gasteiger partial charge in [-0.1, -0.05) is 61.5 Å². The van der Waals surface area contributed by atoms with E-state index >= 15 is 0 Å². The second-order valence-electron chi connectivity index (χ2n) is 7.38. The number of rotatable bonds is 7. The minimum Gasteiger partial charge on any atom is -0.361 e. The Morgan fingerprint density at radius 1 is 0.967 bits per heavy atom. The van der Waals surface area contributed by atoms with Gasteiger partial charge in [-0.25, -0.2) is 0 Å². The van der Waals surface area contributed by atoms with Gasteiger partial charge in [0.05, 0.1) is 0 Å². The number of hydrogen-bond donors (Lipinski definition) is 2. The number of nitrogens with zero attached hydrogens (tertiary/aromatic N) is 1. The molecule has 3 aromatic rings. The highest BCUT2D eigenvalue weighted by Gasteiger charge is 2.35. The number of hydrogen-bond acceptors (Lipinski definition) is 3. The summed E-state index contributed by atoms with van der Waals surface area (Å²) in [7, 11) is 0. The molecule has 0 saturated heterocycles. The number of nitrogens with one attached hydrogen (secondary N) is 2. The van der Waals surface area contributed by atoms with E-state index in [0.717, 1.165) is 28.8 Å². The molecule has 2 amide bonds. The SMILES string of the molecule is CCCN1C(=O)c2ccccc2[C@H]1Nc1cccc(C(=O)NCc2ccccc2)c1. The summed E-state index contributed by atoms with van der Waals surface area (Å²) in [6.07, 6.45) is 0.635. The molecule has 1 aliphatic heterocycles. The van der Waals surface area contributed by atoms with E-state index in [0.29, 0.717) is 18.7 Å². The Morgan fingerprint density at radius 2 is 1.73 bits per heavy atom. The van der Waals surface area contributed by atoms with E-state index < -0.39 is 0 Å². The van der Waals surface area contributed by atoms with Crippen molar-refractivity contribution in [2.45, 2.75) is 26.1 Å². The summed E-state index contributed by atoms with van der Waals surface area (Å²) in [5.41, 5.74) is 4.14. The molecule has 0 bridgehead atoms. The van der Waals surface area contributed by atoms with E-state index in [-0.39, 0.29) is 18.0 Å². The van der Waals surface area contributed by atoms with Gasteiger partial charge in [-0.05, 0) is 36.2 Å². The summed E-state index contributed by atoms with van der Waals surface area (Å²) in [5, 5.41) is 6.41. The molecule has 4 rings (SSSR count). The fourth-order valence-corrected chi connectivity index (χ4v) is 3.79. The molecule has 0 spiro atoms. The molecule has 0 aromatic heterocycles. The van der Waals surface area contributed by atoms with Gasteiger partial charge in [0.25, 0.3) is 11.8 Å². The van der Waals surface area contributed by atoms with Crippen LogP contribution in [-0.4, -0.2) is 23.3 Å². The Hall–Kier alpha value is -3.60. The standard InChI is InChI=1S/C25H25N3O2/c1-2-15-28-23(21-13-6-7-14-22(21)25(28)30)27-20-12-8-11-19(16-20)24(29)26-17-18-9-4-3-5-10-18/h3-14,16,23,27H,2,15,17H2,1H3,(H,26,29)/t23-/m0/s1. The average Bonchev–Trinajstić information content (AvgIpc) is 3.05. The highest BCUT2D eigenvalue weighted by molar-refractivity contribution is 5.99. The third-order valence-electron chi connectivity index (χ3n) is 5.25. The zero-order valence-electron chi connectivity index (χ0n) is 17.0. The Morgan fingerprint density at radius 3 is 2.53 bits per heavy atom. The lowest BCUT2D eigenvalue weighted by atomic mass is 10.1. The fourth-order valence-electron chi connectivity index (χ4n) is 3.79. The Kier molecular flexibility index (Phi) is 5.80. The van der Waals surface area contributed by atoms with E-state index in [9.17, 15) is 9.59 Å². The van der Waals surface area contributed by atoms with Crippen LogP contribution in [0.3, 0.4) is 0 Å². The monoisotopic (exact) mass is 399 g/mol. The van der Waals surface area contributed by atoms with Crippen molar-refractivity contribution in [3.63, 3.8) is 0 Å². The first kappa shape index (κ1) is 19.7. The first-order valence-electron chi connectivity index (χ1n) is 10.3. The maximum absolute atomic E-state index is 12.8. The smallest absolute Gasteiger partial charge is 0.256 e. The van der Waals surface area contributed by atoms with Crippen molar-refractivity contribution in [1.82, 2.24) is 10.2 Å². The third-order valence-corrected chi connectivity index (χ3v) is 5.25. The minimum absolute atomic E-state index is 0.0432. The summed E-state index contributed by atoms with van der Waals surface area (Å²) in [4.78, 5) is 27.3. The van der Waals surface area contributed by atoms with Crippen LogP contribution in [0.25, 0.3) is 0 Å². The quantitative estimate of drug-likeness (QED) is 0.611. The zero-order chi connectivity index (χ0) is 20.9. The number of carbonyl (C=O) groups is 2. The van der Waals surface area contributed by atoms with Gasteiger partial charge >= 0.3 is 0 Å². The van der Waals surface area contributed by atoms with Crippen LogP contribution in [0.15, 0.2) is 78.9 Å². The fraction of sp³-hybridized carbons (Fsp3) is 0.200. The van der Waals surface area contributed by atoms with Gasteiger partial charge in [-0.2, -0.15) is 0 Å². The van der Waals surface area contributed by atoms with E-state index in [4.69, 9.17) is 0 Å². The van der Waals surface area contributed by atoms with Crippen molar-refractivity contribution >= 4 is 17.5 Å². The number of anilines is 1. The van der Waals surface area contributed by atoms with Gasteiger partial charge in [0, 0.05) is 35.5 Å². The largest absolute Gasteiger partial charge is 0.361 e. The Balaban J connectivity index is 1.51. The summed E-state index contributed by atoms with van der Waals surface area (Å²) in [6.45, 7) is 3.21. The Labute approximate surface area is 176 Å². The molecule has 152 valence electrons. The van der Waals surface area contributed by atoms with Gasteiger partial charge in [0.2, 0.25) is 0 Å². The molecule has 0 saturated carbocycles. The minimum atomic E-state index is -0.240. The van der Waals surface area contributed by atoms with Crippen LogP contribution in [0.2, 0.25) is 0 Å². The number of benzene rings is 3. The normalized spacial score (nSPS) is 15.0. The number of carbonyl (C=O) groups excluding carboxylic acids is 2. The molecule has 1 aliphatic rings. The molecule has 0 fully saturated rings. The summed E-state index contributed by atoms with van der Waals surface area (Å²) in [6, 6.07) is 24.9. The van der Waals surface area contributed by atoms with Crippen molar-refractivity contribution in [2.24, 2.45) is 0 Å². The van der Waals surface area contributed by atoms with Crippen LogP contribution < -0.4 is 10.6 Å². The van der Waals surface area contributed by atoms with Gasteiger partial charge in [0.15, 0.2) is 0 Å². The highest BCUT2D eigenvalue weighted by Crippen LogP contribution is 2.34. The molecule has 0 radical (unpaired) electrons. The van der Waals surface area contributed by atoms with Gasteiger partial charge < -0.3 is 15.5 Å². The lowest BCUT2D eigenvalue weighted by Crippen LogP contribution is -2.33. The molecule has 30 heavy (non-hydrogen) atoms. The molecule has 5 nitrogen and oxygen atoms in total. The molecule has 1 atom stereocenters. The predicted molar refractivity (Wildman–Crippen MR) is 118 cm³/mol. The third kappa shape index (κ3) is 4.06. The highest BCUT2D eigenvalue weighted by atomic mass is 16.2. The van der Waals surface area contributed by atoms with Gasteiger partial charge in [-0.3, -0.25) is 9.59 Å². The first-order valence-corrected chi connectivity index (χ1v) is 10.3. The Bertz CT molecular complexity index is 1050. The van der Waals surface area contributed by atoms with Crippen LogP contribution in [0.4, 0.5) is 5.69 Å². The molecule has 0 unspecified atom stereocenters. The second-order valence-corrected chi connectivity index (χ2v) is 7.38. The summed E-state index contributed by atoms with van der Waals surface area (Å²) >= 11 is 0. The molecule has 0 aliphatic carbocycles. The van der Waals surface area contributed by atoms with Crippen LogP contribution in [0.5, 0.6) is 0 Å². The van der Waals surface area contributed by atoms with Crippen LogP contribution in [0, 0.1) is 0 Å². The lowest BCUT2D eigenvalue weighted by molar-refractivity contribution is 0.0742. The average molecular weight is 399 g/mol. The number of amides is 2. The van der Waals surface area contributed by atoms with Crippen molar-refractivity contribution < 1.29 is 9.59 Å².